The topological polar surface area (TPSA) is 42.4 Å². The number of rotatable bonds is 4. The SMILES string of the molecule is Cc1ccc(C2CCCN2C(=O)C(C)(C)Oc2ccc(Cl)cn2)cc1. The summed E-state index contributed by atoms with van der Waals surface area (Å²) in [6.45, 7) is 6.39. The normalized spacial score (nSPS) is 17.6. The van der Waals surface area contributed by atoms with Crippen LogP contribution in [0.4, 0.5) is 0 Å². The molecule has 2 heterocycles. The third-order valence-electron chi connectivity index (χ3n) is 4.55. The number of carbonyl (C=O) groups is 1. The monoisotopic (exact) mass is 358 g/mol. The summed E-state index contributed by atoms with van der Waals surface area (Å²) in [6, 6.07) is 11.9. The molecule has 4 nitrogen and oxygen atoms in total. The molecule has 1 aromatic carbocycles. The molecule has 5 heteroatoms. The number of pyridine rings is 1. The molecule has 0 spiro atoms. The van der Waals surface area contributed by atoms with E-state index in [1.165, 1.54) is 17.3 Å². The van der Waals surface area contributed by atoms with Gasteiger partial charge in [0.05, 0.1) is 11.1 Å². The molecule has 1 unspecified atom stereocenters. The molecule has 1 fully saturated rings. The molecule has 0 saturated carbocycles. The number of nitrogens with zero attached hydrogens (tertiary/aromatic N) is 2. The van der Waals surface area contributed by atoms with Crippen molar-refractivity contribution in [2.45, 2.75) is 45.3 Å². The number of ether oxygens (including phenoxy) is 1. The minimum Gasteiger partial charge on any atom is -0.462 e. The molecule has 25 heavy (non-hydrogen) atoms. The molecule has 3 rings (SSSR count). The van der Waals surface area contributed by atoms with E-state index in [-0.39, 0.29) is 11.9 Å². The van der Waals surface area contributed by atoms with Gasteiger partial charge in [-0.05, 0) is 45.2 Å². The van der Waals surface area contributed by atoms with E-state index in [1.54, 1.807) is 26.0 Å². The van der Waals surface area contributed by atoms with Crippen molar-refractivity contribution in [1.82, 2.24) is 9.88 Å². The Labute approximate surface area is 153 Å². The summed E-state index contributed by atoms with van der Waals surface area (Å²) >= 11 is 5.85. The largest absolute Gasteiger partial charge is 0.462 e. The van der Waals surface area contributed by atoms with Crippen LogP contribution in [0.1, 0.15) is 43.9 Å². The predicted octanol–water partition coefficient (Wildman–Crippen LogP) is 4.56. The van der Waals surface area contributed by atoms with E-state index < -0.39 is 5.60 Å². The molecule has 132 valence electrons. The number of aryl methyl sites for hydroxylation is 1. The maximum Gasteiger partial charge on any atom is 0.266 e. The van der Waals surface area contributed by atoms with Gasteiger partial charge in [-0.15, -0.1) is 0 Å². The minimum atomic E-state index is -0.992. The highest BCUT2D eigenvalue weighted by Crippen LogP contribution is 2.34. The first kappa shape index (κ1) is 17.7. The molecule has 0 radical (unpaired) electrons. The average molecular weight is 359 g/mol. The van der Waals surface area contributed by atoms with Gasteiger partial charge < -0.3 is 9.64 Å². The van der Waals surface area contributed by atoms with Crippen LogP contribution in [-0.4, -0.2) is 27.9 Å². The van der Waals surface area contributed by atoms with Gasteiger partial charge in [-0.2, -0.15) is 0 Å². The van der Waals surface area contributed by atoms with Crippen molar-refractivity contribution in [3.63, 3.8) is 0 Å². The van der Waals surface area contributed by atoms with E-state index in [2.05, 4.69) is 36.2 Å². The van der Waals surface area contributed by atoms with Crippen molar-refractivity contribution in [3.8, 4) is 5.88 Å². The molecule has 2 aromatic rings. The van der Waals surface area contributed by atoms with Crippen LogP contribution in [0.3, 0.4) is 0 Å². The van der Waals surface area contributed by atoms with Crippen LogP contribution in [0.15, 0.2) is 42.6 Å². The lowest BCUT2D eigenvalue weighted by atomic mass is 10.0. The predicted molar refractivity (Wildman–Crippen MR) is 98.8 cm³/mol. The van der Waals surface area contributed by atoms with E-state index in [4.69, 9.17) is 16.3 Å². The summed E-state index contributed by atoms with van der Waals surface area (Å²) < 4.78 is 5.87. The number of hydrogen-bond donors (Lipinski definition) is 0. The van der Waals surface area contributed by atoms with Gasteiger partial charge in [0.15, 0.2) is 5.60 Å². The Balaban J connectivity index is 1.77. The quantitative estimate of drug-likeness (QED) is 0.804. The van der Waals surface area contributed by atoms with Gasteiger partial charge in [-0.25, -0.2) is 4.98 Å². The number of hydrogen-bond acceptors (Lipinski definition) is 3. The minimum absolute atomic E-state index is 0.0210. The van der Waals surface area contributed by atoms with Gasteiger partial charge in [0, 0.05) is 18.8 Å². The van der Waals surface area contributed by atoms with Crippen LogP contribution in [0, 0.1) is 6.92 Å². The molecular formula is C20H23ClN2O2. The molecule has 1 aromatic heterocycles. The van der Waals surface area contributed by atoms with E-state index in [9.17, 15) is 4.79 Å². The number of aromatic nitrogens is 1. The first-order chi connectivity index (χ1) is 11.9. The van der Waals surface area contributed by atoms with E-state index in [0.29, 0.717) is 10.9 Å². The van der Waals surface area contributed by atoms with E-state index in [1.807, 2.05) is 4.90 Å². The zero-order chi connectivity index (χ0) is 18.0. The van der Waals surface area contributed by atoms with E-state index in [0.717, 1.165) is 19.4 Å². The van der Waals surface area contributed by atoms with Crippen molar-refractivity contribution < 1.29 is 9.53 Å². The maximum absolute atomic E-state index is 13.1. The van der Waals surface area contributed by atoms with Crippen LogP contribution in [0.5, 0.6) is 5.88 Å². The molecule has 0 aliphatic carbocycles. The first-order valence-corrected chi connectivity index (χ1v) is 8.93. The highest BCUT2D eigenvalue weighted by molar-refractivity contribution is 6.30. The number of carbonyl (C=O) groups excluding carboxylic acids is 1. The lowest BCUT2D eigenvalue weighted by Crippen LogP contribution is -2.48. The Morgan fingerprint density at radius 2 is 1.96 bits per heavy atom. The molecule has 1 aliphatic heterocycles. The third kappa shape index (κ3) is 3.96. The molecular weight excluding hydrogens is 336 g/mol. The summed E-state index contributed by atoms with van der Waals surface area (Å²) in [6.07, 6.45) is 3.49. The second kappa shape index (κ2) is 7.04. The number of halogens is 1. The number of amides is 1. The van der Waals surface area contributed by atoms with Crippen LogP contribution < -0.4 is 4.74 Å². The Hall–Kier alpha value is -2.07. The summed E-state index contributed by atoms with van der Waals surface area (Å²) in [5, 5.41) is 0.537. The summed E-state index contributed by atoms with van der Waals surface area (Å²) in [7, 11) is 0. The molecule has 1 atom stereocenters. The van der Waals surface area contributed by atoms with Crippen molar-refractivity contribution in [2.75, 3.05) is 6.54 Å². The standard InChI is InChI=1S/C20H23ClN2O2/c1-14-6-8-15(9-7-14)17-5-4-12-23(17)19(24)20(2,3)25-18-11-10-16(21)13-22-18/h6-11,13,17H,4-5,12H2,1-3H3. The van der Waals surface area contributed by atoms with Gasteiger partial charge in [0.1, 0.15) is 0 Å². The highest BCUT2D eigenvalue weighted by Gasteiger charge is 2.40. The third-order valence-corrected chi connectivity index (χ3v) is 4.77. The number of likely N-dealkylation sites (tertiary alicyclic amines) is 1. The van der Waals surface area contributed by atoms with Crippen molar-refractivity contribution in [1.29, 1.82) is 0 Å². The van der Waals surface area contributed by atoms with Crippen LogP contribution >= 0.6 is 11.6 Å². The Bertz CT molecular complexity index is 741. The van der Waals surface area contributed by atoms with Crippen molar-refractivity contribution >= 4 is 17.5 Å². The Morgan fingerprint density at radius 3 is 2.60 bits per heavy atom. The maximum atomic E-state index is 13.1. The molecule has 0 N–H and O–H groups in total. The van der Waals surface area contributed by atoms with Crippen LogP contribution in [-0.2, 0) is 4.79 Å². The molecule has 1 aliphatic rings. The second-order valence-corrected chi connectivity index (χ2v) is 7.43. The zero-order valence-electron chi connectivity index (χ0n) is 14.8. The molecule has 1 amide bonds. The fraction of sp³-hybridized carbons (Fsp3) is 0.400. The lowest BCUT2D eigenvalue weighted by Gasteiger charge is -2.33. The molecule has 0 bridgehead atoms. The lowest BCUT2D eigenvalue weighted by molar-refractivity contribution is -0.146. The van der Waals surface area contributed by atoms with Gasteiger partial charge in [-0.3, -0.25) is 4.79 Å². The van der Waals surface area contributed by atoms with Crippen LogP contribution in [0.2, 0.25) is 5.02 Å². The Morgan fingerprint density at radius 1 is 1.24 bits per heavy atom. The fourth-order valence-electron chi connectivity index (χ4n) is 3.22. The van der Waals surface area contributed by atoms with E-state index >= 15 is 0 Å². The van der Waals surface area contributed by atoms with Crippen molar-refractivity contribution in [2.24, 2.45) is 0 Å². The van der Waals surface area contributed by atoms with Gasteiger partial charge in [0.2, 0.25) is 5.88 Å². The number of benzene rings is 1. The van der Waals surface area contributed by atoms with Gasteiger partial charge in [0.25, 0.3) is 5.91 Å². The highest BCUT2D eigenvalue weighted by atomic mass is 35.5. The van der Waals surface area contributed by atoms with Crippen LogP contribution in [0.25, 0.3) is 0 Å². The van der Waals surface area contributed by atoms with Gasteiger partial charge in [-0.1, -0.05) is 41.4 Å². The fourth-order valence-corrected chi connectivity index (χ4v) is 3.33. The summed E-state index contributed by atoms with van der Waals surface area (Å²) in [5.41, 5.74) is 1.41. The summed E-state index contributed by atoms with van der Waals surface area (Å²) in [5.74, 6) is 0.376. The summed E-state index contributed by atoms with van der Waals surface area (Å²) in [4.78, 5) is 19.2. The van der Waals surface area contributed by atoms with Gasteiger partial charge >= 0.3 is 0 Å². The second-order valence-electron chi connectivity index (χ2n) is 6.99. The zero-order valence-corrected chi connectivity index (χ0v) is 15.6. The van der Waals surface area contributed by atoms with Crippen molar-refractivity contribution in [3.05, 3.63) is 58.7 Å². The Kier molecular flexibility index (Phi) is 5.00. The smallest absolute Gasteiger partial charge is 0.266 e. The molecule has 1 saturated heterocycles. The first-order valence-electron chi connectivity index (χ1n) is 8.55. The average Bonchev–Trinajstić information content (AvgIpc) is 3.06.